The Morgan fingerprint density at radius 1 is 1.14 bits per heavy atom. The summed E-state index contributed by atoms with van der Waals surface area (Å²) in [4.78, 5) is 11.4. The number of aliphatic hydroxyl groups is 2. The minimum atomic E-state index is -1.28. The van der Waals surface area contributed by atoms with Gasteiger partial charge in [-0.25, -0.2) is 4.79 Å². The largest absolute Gasteiger partial charge is 0.467 e. The Hall–Kier alpha value is -0.930. The molecule has 12 heteroatoms. The van der Waals surface area contributed by atoms with Gasteiger partial charge in [0.15, 0.2) is 18.4 Å². The Morgan fingerprint density at radius 2 is 1.79 bits per heavy atom. The summed E-state index contributed by atoms with van der Waals surface area (Å²) in [5, 5.41) is 19.9. The summed E-state index contributed by atoms with van der Waals surface area (Å²) in [6.45, 7) is 2.80. The minimum Gasteiger partial charge on any atom is -0.467 e. The molecule has 0 aromatic rings. The fourth-order valence-electron chi connectivity index (χ4n) is 3.72. The molecule has 0 amide bonds. The lowest BCUT2D eigenvalue weighted by atomic mass is 9.97. The third-order valence-corrected chi connectivity index (χ3v) is 5.13. The molecule has 4 unspecified atom stereocenters. The normalized spacial score (nSPS) is 43.9. The first-order chi connectivity index (χ1) is 13.7. The average Bonchev–Trinajstić information content (AvgIpc) is 3.16. The van der Waals surface area contributed by atoms with Crippen molar-refractivity contribution in [1.29, 1.82) is 0 Å². The number of hydrogen-bond acceptors (Lipinski definition) is 12. The van der Waals surface area contributed by atoms with E-state index in [2.05, 4.69) is 4.74 Å². The second-order valence-electron chi connectivity index (χ2n) is 7.62. The van der Waals surface area contributed by atoms with Gasteiger partial charge in [-0.2, -0.15) is 0 Å². The van der Waals surface area contributed by atoms with Crippen LogP contribution in [0.15, 0.2) is 0 Å². The molecule has 9 atom stereocenters. The fourth-order valence-corrected chi connectivity index (χ4v) is 3.72. The van der Waals surface area contributed by atoms with Gasteiger partial charge in [0.2, 0.25) is 0 Å². The Balaban J connectivity index is 1.71. The fraction of sp³-hybridized carbons (Fsp3) is 0.941. The third-order valence-electron chi connectivity index (χ3n) is 5.13. The van der Waals surface area contributed by atoms with E-state index in [0.717, 1.165) is 0 Å². The molecule has 3 aliphatic rings. The first-order valence-electron chi connectivity index (χ1n) is 9.45. The van der Waals surface area contributed by atoms with Gasteiger partial charge < -0.3 is 54.8 Å². The molecule has 0 bridgehead atoms. The molecule has 29 heavy (non-hydrogen) atoms. The molecule has 0 radical (unpaired) electrons. The number of aliphatic hydroxyl groups excluding tert-OH is 2. The van der Waals surface area contributed by atoms with Gasteiger partial charge in [-0.3, -0.25) is 0 Å². The van der Waals surface area contributed by atoms with Crippen LogP contribution in [0.3, 0.4) is 0 Å². The SMILES string of the molecule is COC(=O)CO[C@@H]1C(N)[C@H](OC2O[C@H](CN)C3OC(C)(C)O[C@@H]23)OC(CO)[C@H]1O. The maximum atomic E-state index is 11.4. The molecule has 3 saturated heterocycles. The molecular weight excluding hydrogens is 392 g/mol. The van der Waals surface area contributed by atoms with Gasteiger partial charge in [-0.1, -0.05) is 0 Å². The van der Waals surface area contributed by atoms with Crippen molar-refractivity contribution in [3.8, 4) is 0 Å². The highest BCUT2D eigenvalue weighted by Gasteiger charge is 2.57. The van der Waals surface area contributed by atoms with Crippen LogP contribution in [-0.2, 0) is 38.0 Å². The highest BCUT2D eigenvalue weighted by molar-refractivity contribution is 5.70. The van der Waals surface area contributed by atoms with Gasteiger partial charge in [-0.05, 0) is 13.8 Å². The standard InChI is InChI=1S/C17H30N2O10/c1-17(2)28-12-7(4-18)25-16(14(12)29-17)27-15-10(19)13(24-6-9(21)23-3)11(22)8(5-20)26-15/h7-8,10-16,20,22H,4-6,18-19H2,1-3H3/t7-,8?,10?,11-,12?,13-,14-,15+,16?/m1/s1. The predicted octanol–water partition coefficient (Wildman–Crippen LogP) is -2.83. The zero-order valence-electron chi connectivity index (χ0n) is 16.6. The van der Waals surface area contributed by atoms with E-state index in [0.29, 0.717) is 0 Å². The summed E-state index contributed by atoms with van der Waals surface area (Å²) in [6.07, 6.45) is -6.83. The van der Waals surface area contributed by atoms with E-state index in [4.69, 9.17) is 39.9 Å². The molecule has 0 aromatic heterocycles. The zero-order valence-corrected chi connectivity index (χ0v) is 16.6. The molecule has 0 aromatic carbocycles. The second-order valence-corrected chi connectivity index (χ2v) is 7.62. The van der Waals surface area contributed by atoms with Gasteiger partial charge in [0, 0.05) is 6.54 Å². The van der Waals surface area contributed by atoms with Gasteiger partial charge in [0.05, 0.1) is 19.8 Å². The quantitative estimate of drug-likeness (QED) is 0.310. The van der Waals surface area contributed by atoms with Gasteiger partial charge in [0.1, 0.15) is 43.2 Å². The van der Waals surface area contributed by atoms with E-state index >= 15 is 0 Å². The van der Waals surface area contributed by atoms with E-state index in [1.54, 1.807) is 13.8 Å². The monoisotopic (exact) mass is 422 g/mol. The lowest BCUT2D eigenvalue weighted by Crippen LogP contribution is -2.64. The summed E-state index contributed by atoms with van der Waals surface area (Å²) in [5.41, 5.74) is 11.9. The molecule has 0 saturated carbocycles. The molecule has 12 nitrogen and oxygen atoms in total. The van der Waals surface area contributed by atoms with Gasteiger partial charge in [0.25, 0.3) is 0 Å². The minimum absolute atomic E-state index is 0.195. The van der Waals surface area contributed by atoms with Gasteiger partial charge >= 0.3 is 5.97 Å². The molecule has 6 N–H and O–H groups in total. The van der Waals surface area contributed by atoms with Crippen molar-refractivity contribution < 1.29 is 48.2 Å². The predicted molar refractivity (Wildman–Crippen MR) is 94.1 cm³/mol. The van der Waals surface area contributed by atoms with Crippen molar-refractivity contribution >= 4 is 5.97 Å². The maximum absolute atomic E-state index is 11.4. The molecule has 168 valence electrons. The van der Waals surface area contributed by atoms with Gasteiger partial charge in [-0.15, -0.1) is 0 Å². The van der Waals surface area contributed by atoms with Crippen molar-refractivity contribution in [3.63, 3.8) is 0 Å². The zero-order chi connectivity index (χ0) is 21.3. The lowest BCUT2D eigenvalue weighted by molar-refractivity contribution is -0.326. The number of ether oxygens (including phenoxy) is 7. The Labute approximate surface area is 168 Å². The van der Waals surface area contributed by atoms with Crippen molar-refractivity contribution in [1.82, 2.24) is 0 Å². The van der Waals surface area contributed by atoms with Crippen LogP contribution < -0.4 is 11.5 Å². The lowest BCUT2D eigenvalue weighted by Gasteiger charge is -2.43. The maximum Gasteiger partial charge on any atom is 0.331 e. The summed E-state index contributed by atoms with van der Waals surface area (Å²) >= 11 is 0. The molecular formula is C17H30N2O10. The number of esters is 1. The molecule has 3 rings (SSSR count). The van der Waals surface area contributed by atoms with Crippen molar-refractivity contribution in [2.45, 2.75) is 74.9 Å². The Morgan fingerprint density at radius 3 is 2.41 bits per heavy atom. The number of hydrogen-bond donors (Lipinski definition) is 4. The number of carbonyl (C=O) groups excluding carboxylic acids is 1. The van der Waals surface area contributed by atoms with Crippen LogP contribution in [0.25, 0.3) is 0 Å². The summed E-state index contributed by atoms with van der Waals surface area (Å²) in [7, 11) is 1.21. The van der Waals surface area contributed by atoms with Crippen LogP contribution >= 0.6 is 0 Å². The first-order valence-corrected chi connectivity index (χ1v) is 9.45. The number of methoxy groups -OCH3 is 1. The average molecular weight is 422 g/mol. The van der Waals surface area contributed by atoms with Crippen LogP contribution in [-0.4, -0.2) is 104 Å². The smallest absolute Gasteiger partial charge is 0.331 e. The van der Waals surface area contributed by atoms with Crippen molar-refractivity contribution in [2.75, 3.05) is 26.9 Å². The van der Waals surface area contributed by atoms with Crippen LogP contribution in [0.1, 0.15) is 13.8 Å². The van der Waals surface area contributed by atoms with Crippen LogP contribution in [0.2, 0.25) is 0 Å². The molecule has 0 aliphatic carbocycles. The number of nitrogens with two attached hydrogens (primary N) is 2. The summed E-state index contributed by atoms with van der Waals surface area (Å²) in [6, 6.07) is -0.994. The number of carbonyl (C=O) groups is 1. The van der Waals surface area contributed by atoms with E-state index in [1.165, 1.54) is 7.11 Å². The van der Waals surface area contributed by atoms with Crippen molar-refractivity contribution in [3.05, 3.63) is 0 Å². The summed E-state index contributed by atoms with van der Waals surface area (Å²) in [5.74, 6) is -1.47. The Kier molecular flexibility index (Phi) is 7.10. The molecule has 3 heterocycles. The van der Waals surface area contributed by atoms with Crippen LogP contribution in [0.4, 0.5) is 0 Å². The van der Waals surface area contributed by atoms with Crippen molar-refractivity contribution in [2.24, 2.45) is 11.5 Å². The molecule has 0 spiro atoms. The van der Waals surface area contributed by atoms with E-state index in [-0.39, 0.29) is 6.54 Å². The number of fused-ring (bicyclic) bond motifs is 1. The van der Waals surface area contributed by atoms with E-state index < -0.39 is 80.2 Å². The molecule has 3 aliphatic heterocycles. The first kappa shape index (κ1) is 22.7. The second kappa shape index (κ2) is 9.06. The highest BCUT2D eigenvalue weighted by Crippen LogP contribution is 2.40. The topological polar surface area (TPSA) is 174 Å². The molecule has 3 fully saturated rings. The Bertz CT molecular complexity index is 578. The van der Waals surface area contributed by atoms with E-state index in [9.17, 15) is 15.0 Å². The summed E-state index contributed by atoms with van der Waals surface area (Å²) < 4.78 is 39.0. The third kappa shape index (κ3) is 4.71. The van der Waals surface area contributed by atoms with Crippen LogP contribution in [0.5, 0.6) is 0 Å². The van der Waals surface area contributed by atoms with E-state index in [1.807, 2.05) is 0 Å². The number of rotatable bonds is 7. The van der Waals surface area contributed by atoms with Crippen LogP contribution in [0, 0.1) is 0 Å². The highest BCUT2D eigenvalue weighted by atomic mass is 16.8.